The first-order valence-electron chi connectivity index (χ1n) is 5.78. The lowest BCUT2D eigenvalue weighted by Crippen LogP contribution is -2.20. The van der Waals surface area contributed by atoms with Gasteiger partial charge in [-0.1, -0.05) is 33.1 Å². The van der Waals surface area contributed by atoms with Crippen molar-refractivity contribution in [3.8, 4) is 0 Å². The third-order valence-corrected chi connectivity index (χ3v) is 2.07. The van der Waals surface area contributed by atoms with Crippen LogP contribution in [0.15, 0.2) is 0 Å². The van der Waals surface area contributed by atoms with Crippen molar-refractivity contribution in [2.75, 3.05) is 26.3 Å². The van der Waals surface area contributed by atoms with Crippen LogP contribution in [0.25, 0.3) is 0 Å². The Morgan fingerprint density at radius 1 is 0.769 bits per heavy atom. The van der Waals surface area contributed by atoms with Crippen LogP contribution in [-0.2, 0) is 4.74 Å². The molecule has 0 amide bonds. The second-order valence-electron chi connectivity index (χ2n) is 3.13. The second kappa shape index (κ2) is 11.9. The van der Waals surface area contributed by atoms with E-state index in [1.807, 2.05) is 13.8 Å². The van der Waals surface area contributed by atoms with E-state index in [0.717, 1.165) is 19.8 Å². The quantitative estimate of drug-likeness (QED) is 0.629. The molecular weight excluding hydrogens is 162 g/mol. The van der Waals surface area contributed by atoms with Gasteiger partial charge in [-0.15, -0.1) is 0 Å². The molecule has 0 aromatic heterocycles. The maximum absolute atomic E-state index is 5.40. The van der Waals surface area contributed by atoms with Crippen molar-refractivity contribution in [3.63, 3.8) is 0 Å². The molecule has 0 aromatic carbocycles. The Balaban J connectivity index is 0.000000671. The summed E-state index contributed by atoms with van der Waals surface area (Å²) in [5.41, 5.74) is 0. The molecule has 0 radical (unpaired) electrons. The fourth-order valence-corrected chi connectivity index (χ4v) is 1.36. The molecule has 0 spiro atoms. The molecule has 0 atom stereocenters. The smallest absolute Gasteiger partial charge is 0.0590 e. The van der Waals surface area contributed by atoms with Gasteiger partial charge in [0, 0.05) is 13.2 Å². The fourth-order valence-electron chi connectivity index (χ4n) is 1.36. The van der Waals surface area contributed by atoms with Crippen LogP contribution in [0.4, 0.5) is 0 Å². The van der Waals surface area contributed by atoms with Crippen LogP contribution >= 0.6 is 0 Å². The maximum atomic E-state index is 5.40. The zero-order valence-corrected chi connectivity index (χ0v) is 9.27. The zero-order chi connectivity index (χ0) is 9.78. The molecule has 1 rings (SSSR count). The van der Waals surface area contributed by atoms with E-state index >= 15 is 0 Å². The van der Waals surface area contributed by atoms with E-state index in [1.165, 1.54) is 38.6 Å². The molecule has 0 unspecified atom stereocenters. The predicted molar refractivity (Wildman–Crippen MR) is 58.1 cm³/mol. The topological polar surface area (TPSA) is 21.3 Å². The normalized spacial score (nSPS) is 20.8. The summed E-state index contributed by atoms with van der Waals surface area (Å²) in [5, 5.41) is 3.36. The first-order valence-corrected chi connectivity index (χ1v) is 5.78. The van der Waals surface area contributed by atoms with Crippen molar-refractivity contribution in [3.05, 3.63) is 0 Å². The van der Waals surface area contributed by atoms with Crippen molar-refractivity contribution >= 4 is 0 Å². The Labute approximate surface area is 83.1 Å². The highest BCUT2D eigenvalue weighted by molar-refractivity contribution is 4.51. The summed E-state index contributed by atoms with van der Waals surface area (Å²) in [6, 6.07) is 0. The molecule has 13 heavy (non-hydrogen) atoms. The molecule has 2 nitrogen and oxygen atoms in total. The van der Waals surface area contributed by atoms with Crippen LogP contribution in [-0.4, -0.2) is 26.3 Å². The van der Waals surface area contributed by atoms with Crippen molar-refractivity contribution in [1.82, 2.24) is 5.32 Å². The number of rotatable bonds is 0. The van der Waals surface area contributed by atoms with E-state index in [4.69, 9.17) is 4.74 Å². The largest absolute Gasteiger partial charge is 0.380 e. The Hall–Kier alpha value is -0.0800. The first kappa shape index (κ1) is 12.9. The standard InChI is InChI=1S/C9H19NO.C2H6/c1-2-4-6-10-7-9-11-8-5-3-1;1-2/h10H,1-9H2;1-2H3. The third kappa shape index (κ3) is 9.84. The van der Waals surface area contributed by atoms with Gasteiger partial charge in [0.15, 0.2) is 0 Å². The Morgan fingerprint density at radius 3 is 2.31 bits per heavy atom. The summed E-state index contributed by atoms with van der Waals surface area (Å²) < 4.78 is 5.40. The van der Waals surface area contributed by atoms with E-state index in [1.54, 1.807) is 0 Å². The lowest BCUT2D eigenvalue weighted by atomic mass is 10.1. The van der Waals surface area contributed by atoms with Gasteiger partial charge >= 0.3 is 0 Å². The molecule has 1 aliphatic rings. The minimum absolute atomic E-state index is 0.889. The summed E-state index contributed by atoms with van der Waals surface area (Å²) in [4.78, 5) is 0. The van der Waals surface area contributed by atoms with Gasteiger partial charge in [0.2, 0.25) is 0 Å². The molecular formula is C11H25NO. The van der Waals surface area contributed by atoms with Crippen LogP contribution in [0, 0.1) is 0 Å². The van der Waals surface area contributed by atoms with Gasteiger partial charge in [-0.25, -0.2) is 0 Å². The van der Waals surface area contributed by atoms with Crippen molar-refractivity contribution in [2.45, 2.75) is 46.0 Å². The highest BCUT2D eigenvalue weighted by atomic mass is 16.5. The molecule has 0 aliphatic carbocycles. The predicted octanol–water partition coefficient (Wildman–Crippen LogP) is 2.58. The van der Waals surface area contributed by atoms with Crippen LogP contribution in [0.2, 0.25) is 0 Å². The fraction of sp³-hybridized carbons (Fsp3) is 1.00. The van der Waals surface area contributed by atoms with Gasteiger partial charge in [0.1, 0.15) is 0 Å². The van der Waals surface area contributed by atoms with Crippen molar-refractivity contribution < 1.29 is 4.74 Å². The Morgan fingerprint density at radius 2 is 1.46 bits per heavy atom. The highest BCUT2D eigenvalue weighted by Gasteiger charge is 1.94. The van der Waals surface area contributed by atoms with E-state index in [9.17, 15) is 0 Å². The van der Waals surface area contributed by atoms with E-state index in [-0.39, 0.29) is 0 Å². The third-order valence-electron chi connectivity index (χ3n) is 2.07. The summed E-state index contributed by atoms with van der Waals surface area (Å²) in [5.74, 6) is 0. The first-order chi connectivity index (χ1) is 6.50. The summed E-state index contributed by atoms with van der Waals surface area (Å²) in [7, 11) is 0. The molecule has 2 heteroatoms. The SMILES string of the molecule is C1CCCNCCOCCC1.CC. The van der Waals surface area contributed by atoms with Crippen molar-refractivity contribution in [2.24, 2.45) is 0 Å². The summed E-state index contributed by atoms with van der Waals surface area (Å²) in [6.07, 6.45) is 6.69. The molecule has 80 valence electrons. The average molecular weight is 187 g/mol. The van der Waals surface area contributed by atoms with Crippen LogP contribution in [0.3, 0.4) is 0 Å². The van der Waals surface area contributed by atoms with Crippen LogP contribution in [0.1, 0.15) is 46.0 Å². The Bertz CT molecular complexity index is 48.1. The number of nitrogens with one attached hydrogen (secondary N) is 1. The molecule has 0 saturated carbocycles. The lowest BCUT2D eigenvalue weighted by molar-refractivity contribution is 0.133. The Kier molecular flexibility index (Phi) is 11.8. The number of hydrogen-bond acceptors (Lipinski definition) is 2. The van der Waals surface area contributed by atoms with E-state index < -0.39 is 0 Å². The van der Waals surface area contributed by atoms with Gasteiger partial charge in [-0.3, -0.25) is 0 Å². The summed E-state index contributed by atoms with van der Waals surface area (Å²) >= 11 is 0. The average Bonchev–Trinajstić information content (AvgIpc) is 2.26. The van der Waals surface area contributed by atoms with Crippen molar-refractivity contribution in [1.29, 1.82) is 0 Å². The molecule has 0 bridgehead atoms. The van der Waals surface area contributed by atoms with Gasteiger partial charge < -0.3 is 10.1 Å². The van der Waals surface area contributed by atoms with Gasteiger partial charge in [-0.2, -0.15) is 0 Å². The van der Waals surface area contributed by atoms with E-state index in [2.05, 4.69) is 5.32 Å². The molecule has 1 saturated heterocycles. The van der Waals surface area contributed by atoms with Gasteiger partial charge in [-0.05, 0) is 19.4 Å². The second-order valence-corrected chi connectivity index (χ2v) is 3.13. The molecule has 1 heterocycles. The van der Waals surface area contributed by atoms with Crippen LogP contribution < -0.4 is 5.32 Å². The highest BCUT2D eigenvalue weighted by Crippen LogP contribution is 2.03. The molecule has 1 N–H and O–H groups in total. The molecule has 0 aromatic rings. The molecule has 1 aliphatic heterocycles. The zero-order valence-electron chi connectivity index (χ0n) is 9.27. The summed E-state index contributed by atoms with van der Waals surface area (Å²) in [6.45, 7) is 8.05. The maximum Gasteiger partial charge on any atom is 0.0590 e. The van der Waals surface area contributed by atoms with Gasteiger partial charge in [0.05, 0.1) is 6.61 Å². The van der Waals surface area contributed by atoms with Gasteiger partial charge in [0.25, 0.3) is 0 Å². The monoisotopic (exact) mass is 187 g/mol. The minimum Gasteiger partial charge on any atom is -0.380 e. The molecule has 1 fully saturated rings. The number of ether oxygens (including phenoxy) is 1. The van der Waals surface area contributed by atoms with E-state index in [0.29, 0.717) is 0 Å². The van der Waals surface area contributed by atoms with Crippen LogP contribution in [0.5, 0.6) is 0 Å². The minimum atomic E-state index is 0.889. The lowest BCUT2D eigenvalue weighted by Gasteiger charge is -2.02. The number of hydrogen-bond donors (Lipinski definition) is 1.